The molecule has 0 amide bonds. The molecule has 2 rings (SSSR count). The Morgan fingerprint density at radius 2 is 1.93 bits per heavy atom. The van der Waals surface area contributed by atoms with Crippen LogP contribution < -0.4 is 5.73 Å². The van der Waals surface area contributed by atoms with Gasteiger partial charge in [0.15, 0.2) is 0 Å². The first kappa shape index (κ1) is 9.78. The summed E-state index contributed by atoms with van der Waals surface area (Å²) >= 11 is 0. The molecule has 2 heteroatoms. The van der Waals surface area contributed by atoms with Crippen LogP contribution in [0, 0.1) is 5.92 Å². The summed E-state index contributed by atoms with van der Waals surface area (Å²) in [5, 5.41) is 0. The Morgan fingerprint density at radius 1 is 1.21 bits per heavy atom. The summed E-state index contributed by atoms with van der Waals surface area (Å²) in [6.45, 7) is 0. The van der Waals surface area contributed by atoms with Crippen molar-refractivity contribution in [3.05, 3.63) is 24.2 Å². The van der Waals surface area contributed by atoms with Crippen molar-refractivity contribution in [2.75, 3.05) is 0 Å². The van der Waals surface area contributed by atoms with Crippen LogP contribution in [0.1, 0.15) is 50.3 Å². The van der Waals surface area contributed by atoms with Gasteiger partial charge in [0.25, 0.3) is 0 Å². The molecule has 1 aromatic rings. The Balaban J connectivity index is 1.99. The van der Waals surface area contributed by atoms with Crippen LogP contribution in [-0.4, -0.2) is 0 Å². The van der Waals surface area contributed by atoms with Gasteiger partial charge >= 0.3 is 0 Å². The molecule has 1 aliphatic rings. The lowest BCUT2D eigenvalue weighted by Gasteiger charge is -2.20. The van der Waals surface area contributed by atoms with Crippen molar-refractivity contribution in [3.63, 3.8) is 0 Å². The van der Waals surface area contributed by atoms with Crippen LogP contribution in [-0.2, 0) is 0 Å². The molecule has 2 nitrogen and oxygen atoms in total. The topological polar surface area (TPSA) is 39.2 Å². The van der Waals surface area contributed by atoms with Crippen molar-refractivity contribution >= 4 is 0 Å². The van der Waals surface area contributed by atoms with Gasteiger partial charge in [0, 0.05) is 0 Å². The molecule has 0 aromatic carbocycles. The Labute approximate surface area is 85.5 Å². The van der Waals surface area contributed by atoms with Crippen LogP contribution in [0.4, 0.5) is 0 Å². The second-order valence-corrected chi connectivity index (χ2v) is 4.29. The summed E-state index contributed by atoms with van der Waals surface area (Å²) in [4.78, 5) is 0. The Hall–Kier alpha value is -0.760. The van der Waals surface area contributed by atoms with E-state index < -0.39 is 0 Å². The standard InChI is InChI=1S/C12H19NO/c13-12(11-8-5-9-14-11)10-6-3-1-2-4-7-10/h5,8-10,12H,1-4,6-7,13H2. The third kappa shape index (κ3) is 2.18. The van der Waals surface area contributed by atoms with Gasteiger partial charge in [0.05, 0.1) is 12.3 Å². The number of hydrogen-bond donors (Lipinski definition) is 1. The van der Waals surface area contributed by atoms with Crippen molar-refractivity contribution in [1.82, 2.24) is 0 Å². The van der Waals surface area contributed by atoms with Crippen LogP contribution >= 0.6 is 0 Å². The zero-order chi connectivity index (χ0) is 9.80. The summed E-state index contributed by atoms with van der Waals surface area (Å²) in [6.07, 6.45) is 9.66. The second kappa shape index (κ2) is 4.65. The van der Waals surface area contributed by atoms with Crippen molar-refractivity contribution < 1.29 is 4.42 Å². The summed E-state index contributed by atoms with van der Waals surface area (Å²) in [5.74, 6) is 1.58. The minimum atomic E-state index is 0.114. The van der Waals surface area contributed by atoms with Crippen LogP contribution in [0.5, 0.6) is 0 Å². The van der Waals surface area contributed by atoms with E-state index >= 15 is 0 Å². The van der Waals surface area contributed by atoms with E-state index in [2.05, 4.69) is 0 Å². The number of furan rings is 1. The molecule has 0 saturated heterocycles. The molecule has 0 spiro atoms. The molecule has 1 atom stereocenters. The number of nitrogens with two attached hydrogens (primary N) is 1. The quantitative estimate of drug-likeness (QED) is 0.732. The molecule has 2 N–H and O–H groups in total. The maximum Gasteiger partial charge on any atom is 0.120 e. The first-order valence-electron chi connectivity index (χ1n) is 5.67. The third-order valence-electron chi connectivity index (χ3n) is 3.28. The molecule has 78 valence electrons. The normalized spacial score (nSPS) is 21.8. The van der Waals surface area contributed by atoms with Gasteiger partial charge < -0.3 is 10.2 Å². The summed E-state index contributed by atoms with van der Waals surface area (Å²) in [5.41, 5.74) is 6.19. The highest BCUT2D eigenvalue weighted by Crippen LogP contribution is 2.31. The number of hydrogen-bond acceptors (Lipinski definition) is 2. The van der Waals surface area contributed by atoms with Gasteiger partial charge in [0.2, 0.25) is 0 Å². The number of rotatable bonds is 2. The SMILES string of the molecule is NC(c1ccco1)C1CCCCCC1. The highest BCUT2D eigenvalue weighted by Gasteiger charge is 2.22. The summed E-state index contributed by atoms with van der Waals surface area (Å²) in [6, 6.07) is 4.03. The average molecular weight is 193 g/mol. The van der Waals surface area contributed by atoms with Gasteiger partial charge in [-0.15, -0.1) is 0 Å². The third-order valence-corrected chi connectivity index (χ3v) is 3.28. The largest absolute Gasteiger partial charge is 0.468 e. The predicted octanol–water partition coefficient (Wildman–Crippen LogP) is 3.25. The molecule has 0 radical (unpaired) electrons. The van der Waals surface area contributed by atoms with Crippen LogP contribution in [0.25, 0.3) is 0 Å². The first-order valence-corrected chi connectivity index (χ1v) is 5.67. The van der Waals surface area contributed by atoms with Gasteiger partial charge in [-0.25, -0.2) is 0 Å². The fraction of sp³-hybridized carbons (Fsp3) is 0.667. The maximum absolute atomic E-state index is 6.19. The van der Waals surface area contributed by atoms with Gasteiger partial charge in [-0.3, -0.25) is 0 Å². The maximum atomic E-state index is 6.19. The van der Waals surface area contributed by atoms with Crippen LogP contribution in [0.15, 0.2) is 22.8 Å². The van der Waals surface area contributed by atoms with E-state index in [-0.39, 0.29) is 6.04 Å². The van der Waals surface area contributed by atoms with Crippen molar-refractivity contribution in [3.8, 4) is 0 Å². The van der Waals surface area contributed by atoms with Crippen LogP contribution in [0.2, 0.25) is 0 Å². The Kier molecular flexibility index (Phi) is 3.25. The van der Waals surface area contributed by atoms with Gasteiger partial charge in [-0.1, -0.05) is 25.7 Å². The van der Waals surface area contributed by atoms with E-state index in [1.54, 1.807) is 6.26 Å². The van der Waals surface area contributed by atoms with Crippen molar-refractivity contribution in [1.29, 1.82) is 0 Å². The van der Waals surface area contributed by atoms with Crippen molar-refractivity contribution in [2.45, 2.75) is 44.6 Å². The van der Waals surface area contributed by atoms with E-state index in [9.17, 15) is 0 Å². The zero-order valence-electron chi connectivity index (χ0n) is 8.61. The lowest BCUT2D eigenvalue weighted by molar-refractivity contribution is 0.332. The highest BCUT2D eigenvalue weighted by molar-refractivity contribution is 5.05. The molecule has 1 aliphatic carbocycles. The van der Waals surface area contributed by atoms with E-state index in [4.69, 9.17) is 10.2 Å². The molecule has 1 heterocycles. The molecule has 1 aromatic heterocycles. The minimum absolute atomic E-state index is 0.114. The zero-order valence-corrected chi connectivity index (χ0v) is 8.61. The van der Waals surface area contributed by atoms with Gasteiger partial charge in [-0.2, -0.15) is 0 Å². The lowest BCUT2D eigenvalue weighted by atomic mass is 9.91. The monoisotopic (exact) mass is 193 g/mol. The molecule has 1 unspecified atom stereocenters. The molecular formula is C12H19NO. The fourth-order valence-corrected chi connectivity index (χ4v) is 2.38. The Morgan fingerprint density at radius 3 is 2.50 bits per heavy atom. The molecule has 1 saturated carbocycles. The van der Waals surface area contributed by atoms with E-state index in [0.717, 1.165) is 5.76 Å². The Bertz CT molecular complexity index is 247. The average Bonchev–Trinajstić information content (AvgIpc) is 2.59. The molecule has 0 bridgehead atoms. The van der Waals surface area contributed by atoms with E-state index in [1.807, 2.05) is 12.1 Å². The highest BCUT2D eigenvalue weighted by atomic mass is 16.3. The van der Waals surface area contributed by atoms with Crippen molar-refractivity contribution in [2.24, 2.45) is 11.7 Å². The second-order valence-electron chi connectivity index (χ2n) is 4.29. The summed E-state index contributed by atoms with van der Waals surface area (Å²) in [7, 11) is 0. The first-order chi connectivity index (χ1) is 6.88. The smallest absolute Gasteiger partial charge is 0.120 e. The van der Waals surface area contributed by atoms with Crippen LogP contribution in [0.3, 0.4) is 0 Å². The van der Waals surface area contributed by atoms with Gasteiger partial charge in [0.1, 0.15) is 5.76 Å². The molecular weight excluding hydrogens is 174 g/mol. The predicted molar refractivity (Wildman–Crippen MR) is 56.8 cm³/mol. The van der Waals surface area contributed by atoms with E-state index in [0.29, 0.717) is 5.92 Å². The van der Waals surface area contributed by atoms with E-state index in [1.165, 1.54) is 38.5 Å². The lowest BCUT2D eigenvalue weighted by Crippen LogP contribution is -2.20. The molecule has 0 aliphatic heterocycles. The van der Waals surface area contributed by atoms with Gasteiger partial charge in [-0.05, 0) is 30.9 Å². The summed E-state index contributed by atoms with van der Waals surface area (Å²) < 4.78 is 5.36. The fourth-order valence-electron chi connectivity index (χ4n) is 2.38. The minimum Gasteiger partial charge on any atom is -0.468 e. The molecule has 14 heavy (non-hydrogen) atoms. The molecule has 1 fully saturated rings.